The highest BCUT2D eigenvalue weighted by Crippen LogP contribution is 2.47. The Morgan fingerprint density at radius 2 is 0.794 bits per heavy atom. The van der Waals surface area contributed by atoms with Crippen molar-refractivity contribution in [1.82, 2.24) is 69.8 Å². The highest BCUT2D eigenvalue weighted by molar-refractivity contribution is 7.90. The standard InChI is InChI=1S/C27H31N5O3.C26H27N5O5S.2C26H28N4O2/c1-6-32(16-25(33)31(4)5)23-12-11-20-21(23)8-7-9-22(20)26-29-27(35-30-26)18-10-13-24(34-17(2)3)19(14-18)15-28;1-16(2)35-23-10-7-17(13-18(23)14-27)26-28-25(29-36-26)21-6-3-5-20-19(21)8-9-22(20)30-37(33,34)15-24(32)31-11-4-12-31;2*1-16(2)31-24-10-7-18(13-19(24)14-27)26-28-25(29-32-26)22-6-4-5-21-20(22)8-9-23(21)30-12-11-17(3)15-30/h7-10,13-14,17,23H,6,11-12,16H2,1-5H3;3,5-7,10,13,16,22,30H,4,8-9,11-12,15H2,1-2H3;2*4-7,10,13,16-17,23H,8-9,11-12,15H2,1-3H3/t23-;22-;2*17-,23?/m0010/s1. The lowest BCUT2D eigenvalue weighted by molar-refractivity contribution is -0.132. The Labute approximate surface area is 793 Å². The quantitative estimate of drug-likeness (QED) is 0.0526. The number of carbonyl (C=O) groups is 2. The number of hydrogen-bond donors (Lipinski definition) is 1. The molecule has 31 heteroatoms. The summed E-state index contributed by atoms with van der Waals surface area (Å²) < 4.78 is 73.2. The van der Waals surface area contributed by atoms with Crippen molar-refractivity contribution in [1.29, 1.82) is 21.0 Å². The van der Waals surface area contributed by atoms with Gasteiger partial charge in [-0.1, -0.05) is 114 Å². The van der Waals surface area contributed by atoms with Crippen molar-refractivity contribution in [2.75, 3.05) is 72.2 Å². The van der Waals surface area contributed by atoms with Crippen molar-refractivity contribution in [3.8, 4) is 139 Å². The number of hydrogen-bond acceptors (Lipinski definition) is 27. The first-order valence-electron chi connectivity index (χ1n) is 47.0. The molecule has 6 atom stereocenters. The van der Waals surface area contributed by atoms with Gasteiger partial charge in [0.2, 0.25) is 45.1 Å². The lowest BCUT2D eigenvalue weighted by Gasteiger charge is -2.30. The molecule has 4 aromatic heterocycles. The minimum atomic E-state index is -3.78. The van der Waals surface area contributed by atoms with Crippen molar-refractivity contribution >= 4 is 21.8 Å². The molecule has 702 valence electrons. The van der Waals surface area contributed by atoms with E-state index >= 15 is 0 Å². The lowest BCUT2D eigenvalue weighted by Crippen LogP contribution is -2.46. The molecule has 0 bridgehead atoms. The van der Waals surface area contributed by atoms with E-state index in [0.717, 1.165) is 96.7 Å². The van der Waals surface area contributed by atoms with E-state index in [-0.39, 0.29) is 48.2 Å². The monoisotopic (exact) mass is 1850 g/mol. The summed E-state index contributed by atoms with van der Waals surface area (Å²) in [6.45, 7) is 29.3. The average molecular weight is 1850 g/mol. The van der Waals surface area contributed by atoms with E-state index in [0.29, 0.717) is 153 Å². The maximum absolute atomic E-state index is 12.7. The van der Waals surface area contributed by atoms with Crippen LogP contribution in [0.2, 0.25) is 0 Å². The van der Waals surface area contributed by atoms with Gasteiger partial charge < -0.3 is 46.8 Å². The number of nitrogens with zero attached hydrogens (tertiary/aromatic N) is 17. The van der Waals surface area contributed by atoms with Gasteiger partial charge in [0.05, 0.1) is 53.2 Å². The smallest absolute Gasteiger partial charge is 0.258 e. The Morgan fingerprint density at radius 1 is 0.456 bits per heavy atom. The molecule has 0 radical (unpaired) electrons. The van der Waals surface area contributed by atoms with E-state index in [4.69, 9.17) is 37.0 Å². The van der Waals surface area contributed by atoms with Gasteiger partial charge in [0.25, 0.3) is 23.6 Å². The van der Waals surface area contributed by atoms with Gasteiger partial charge in [-0.25, -0.2) is 13.1 Å². The van der Waals surface area contributed by atoms with Gasteiger partial charge in [-0.15, -0.1) is 0 Å². The number of amides is 2. The zero-order chi connectivity index (χ0) is 95.8. The Bertz CT molecular complexity index is 6490. The third-order valence-corrected chi connectivity index (χ3v) is 27.1. The summed E-state index contributed by atoms with van der Waals surface area (Å²) >= 11 is 0. The number of rotatable bonds is 26. The van der Waals surface area contributed by atoms with Crippen LogP contribution in [0.25, 0.3) is 91.4 Å². The molecule has 3 aliphatic heterocycles. The summed E-state index contributed by atoms with van der Waals surface area (Å²) in [6.07, 6.45) is 10.7. The summed E-state index contributed by atoms with van der Waals surface area (Å²) in [5.41, 5.74) is 17.9. The molecule has 0 spiro atoms. The van der Waals surface area contributed by atoms with Crippen molar-refractivity contribution in [3.05, 3.63) is 212 Å². The van der Waals surface area contributed by atoms with Crippen LogP contribution in [0.4, 0.5) is 0 Å². The van der Waals surface area contributed by atoms with Crippen LogP contribution < -0.4 is 23.7 Å². The number of nitriles is 4. The number of likely N-dealkylation sites (N-methyl/N-ethyl adjacent to an activating group) is 2. The molecule has 7 aliphatic rings. The maximum atomic E-state index is 12.7. The first-order chi connectivity index (χ1) is 65.6. The van der Waals surface area contributed by atoms with Crippen LogP contribution in [0.1, 0.15) is 212 Å². The maximum Gasteiger partial charge on any atom is 0.258 e. The van der Waals surface area contributed by atoms with Crippen LogP contribution in [0.3, 0.4) is 0 Å². The third kappa shape index (κ3) is 21.4. The van der Waals surface area contributed by atoms with Gasteiger partial charge in [-0.05, 0) is 275 Å². The number of sulfonamides is 1. The fraction of sp³-hybridized carbons (Fsp3) is 0.410. The van der Waals surface area contributed by atoms with E-state index in [9.17, 15) is 39.1 Å². The molecule has 7 heterocycles. The molecule has 19 rings (SSSR count). The number of nitrogens with one attached hydrogen (secondary N) is 1. The third-order valence-electron chi connectivity index (χ3n) is 25.8. The summed E-state index contributed by atoms with van der Waals surface area (Å²) in [5, 5.41) is 55.1. The topological polar surface area (TPSA) is 384 Å². The van der Waals surface area contributed by atoms with Crippen LogP contribution in [-0.4, -0.2) is 182 Å². The molecule has 1 N–H and O–H groups in total. The molecule has 12 aromatic rings. The number of aromatic nitrogens is 8. The molecule has 8 aromatic carbocycles. The Hall–Kier alpha value is -13.8. The second-order valence-corrected chi connectivity index (χ2v) is 38.9. The number of carbonyl (C=O) groups excluding carboxylic acids is 2. The second kappa shape index (κ2) is 42.0. The number of likely N-dealkylation sites (tertiary alicyclic amines) is 3. The Morgan fingerprint density at radius 3 is 1.12 bits per heavy atom. The van der Waals surface area contributed by atoms with E-state index < -0.39 is 21.8 Å². The second-order valence-electron chi connectivity index (χ2n) is 37.1. The van der Waals surface area contributed by atoms with Crippen LogP contribution in [0.15, 0.2) is 164 Å². The van der Waals surface area contributed by atoms with Gasteiger partial charge in [-0.3, -0.25) is 24.3 Å². The van der Waals surface area contributed by atoms with Crippen LogP contribution in [0.5, 0.6) is 23.0 Å². The molecule has 136 heavy (non-hydrogen) atoms. The van der Waals surface area contributed by atoms with Gasteiger partial charge in [0.15, 0.2) is 0 Å². The zero-order valence-electron chi connectivity index (χ0n) is 79.2. The van der Waals surface area contributed by atoms with Crippen LogP contribution >= 0.6 is 0 Å². The molecule has 30 nitrogen and oxygen atoms in total. The normalized spacial score (nSPS) is 18.0. The molecular weight excluding hydrogens is 1740 g/mol. The SMILES string of the molecule is CC(C)Oc1ccc(-c2nc(-c3cccc4c3CCC4N3CC[C@@H](C)C3)no2)cc1C#N.CC(C)Oc1ccc(-c2nc(-c3cccc4c3CCC4N3CC[C@H](C)C3)no2)cc1C#N.CC(C)Oc1ccc(-c2nc(-c3cccc4c3CC[C@@H]4NS(=O)(=O)CC(=O)N3CCC3)no2)cc1C#N.CCN(CC(=O)N(C)C)[C@H]1CCc2c(-c3noc(-c4ccc(OC(C)C)c(C#N)c4)n3)cccc21. The molecule has 2 unspecified atom stereocenters. The fourth-order valence-electron chi connectivity index (χ4n) is 19.2. The number of fused-ring (bicyclic) bond motifs is 4. The predicted molar refractivity (Wildman–Crippen MR) is 512 cm³/mol. The van der Waals surface area contributed by atoms with Crippen LogP contribution in [-0.2, 0) is 45.3 Å². The minimum Gasteiger partial charge on any atom is -0.490 e. The summed E-state index contributed by atoms with van der Waals surface area (Å²) in [6, 6.07) is 55.3. The van der Waals surface area contributed by atoms with Crippen molar-refractivity contribution in [2.45, 2.75) is 195 Å². The predicted octanol–water partition coefficient (Wildman–Crippen LogP) is 18.4. The molecular formula is C105H114N18O12S. The highest BCUT2D eigenvalue weighted by atomic mass is 32.2. The van der Waals surface area contributed by atoms with E-state index in [1.165, 1.54) is 72.4 Å². The molecule has 0 saturated carbocycles. The first-order valence-corrected chi connectivity index (χ1v) is 48.7. The van der Waals surface area contributed by atoms with Crippen molar-refractivity contribution < 1.29 is 55.0 Å². The first kappa shape index (κ1) is 95.4. The van der Waals surface area contributed by atoms with Crippen molar-refractivity contribution in [3.63, 3.8) is 0 Å². The van der Waals surface area contributed by atoms with Gasteiger partial charge in [0.1, 0.15) is 53.0 Å². The van der Waals surface area contributed by atoms with E-state index in [2.05, 4.69) is 147 Å². The van der Waals surface area contributed by atoms with Crippen LogP contribution in [0, 0.1) is 57.2 Å². The summed E-state index contributed by atoms with van der Waals surface area (Å²) in [5.74, 6) is 6.43. The lowest BCUT2D eigenvalue weighted by atomic mass is 10.0. The fourth-order valence-corrected chi connectivity index (χ4v) is 20.5. The largest absolute Gasteiger partial charge is 0.490 e. The van der Waals surface area contributed by atoms with E-state index in [1.807, 2.05) is 104 Å². The number of ether oxygens (including phenoxy) is 4. The van der Waals surface area contributed by atoms with Crippen molar-refractivity contribution in [2.24, 2.45) is 11.8 Å². The number of benzene rings is 8. The molecule has 2 amide bonds. The van der Waals surface area contributed by atoms with Gasteiger partial charge >= 0.3 is 0 Å². The van der Waals surface area contributed by atoms with E-state index in [1.54, 1.807) is 78.5 Å². The summed E-state index contributed by atoms with van der Waals surface area (Å²) in [7, 11) is -0.209. The zero-order valence-corrected chi connectivity index (χ0v) is 80.0. The summed E-state index contributed by atoms with van der Waals surface area (Å²) in [4.78, 5) is 53.8. The Balaban J connectivity index is 0.000000132. The minimum absolute atomic E-state index is 0.00395. The highest BCUT2D eigenvalue weighted by Gasteiger charge is 2.39. The molecule has 4 aliphatic carbocycles. The molecule has 3 fully saturated rings. The average Bonchev–Trinajstić information content (AvgIpc) is 1.63. The van der Waals surface area contributed by atoms with Gasteiger partial charge in [0, 0.05) is 109 Å². The van der Waals surface area contributed by atoms with Gasteiger partial charge in [-0.2, -0.15) is 41.0 Å². The molecule has 3 saturated heterocycles. The Kier molecular flexibility index (Phi) is 29.5.